The average Bonchev–Trinajstić information content (AvgIpc) is 2.35. The Kier molecular flexibility index (Phi) is 5.77. The summed E-state index contributed by atoms with van der Waals surface area (Å²) in [6.07, 6.45) is 3.90. The quantitative estimate of drug-likeness (QED) is 0.742. The summed E-state index contributed by atoms with van der Waals surface area (Å²) in [6.45, 7) is -1.35. The van der Waals surface area contributed by atoms with Crippen molar-refractivity contribution in [1.82, 2.24) is 5.32 Å². The van der Waals surface area contributed by atoms with Crippen molar-refractivity contribution in [1.29, 1.82) is 0 Å². The SMILES string of the molecule is O=C(CCC1CCCCO1)NCC(F)(F)CO. The van der Waals surface area contributed by atoms with E-state index in [0.29, 0.717) is 6.42 Å². The summed E-state index contributed by atoms with van der Waals surface area (Å²) in [5.74, 6) is -3.66. The summed E-state index contributed by atoms with van der Waals surface area (Å²) in [6, 6.07) is 0. The number of halogens is 2. The lowest BCUT2D eigenvalue weighted by atomic mass is 10.0. The molecule has 0 aromatic carbocycles. The van der Waals surface area contributed by atoms with Crippen LogP contribution >= 0.6 is 0 Å². The van der Waals surface area contributed by atoms with E-state index >= 15 is 0 Å². The van der Waals surface area contributed by atoms with Crippen LogP contribution in [0.15, 0.2) is 0 Å². The average molecular weight is 251 g/mol. The van der Waals surface area contributed by atoms with Gasteiger partial charge in [-0.15, -0.1) is 0 Å². The number of carbonyl (C=O) groups excluding carboxylic acids is 1. The summed E-state index contributed by atoms with van der Waals surface area (Å²) < 4.78 is 30.7. The number of hydrogen-bond acceptors (Lipinski definition) is 3. The van der Waals surface area contributed by atoms with Gasteiger partial charge in [0.25, 0.3) is 5.92 Å². The number of nitrogens with one attached hydrogen (secondary N) is 1. The van der Waals surface area contributed by atoms with Gasteiger partial charge in [-0.1, -0.05) is 0 Å². The molecular weight excluding hydrogens is 232 g/mol. The predicted octanol–water partition coefficient (Wildman–Crippen LogP) is 1.08. The second-order valence-corrected chi connectivity index (χ2v) is 4.32. The predicted molar refractivity (Wildman–Crippen MR) is 57.9 cm³/mol. The van der Waals surface area contributed by atoms with E-state index in [1.165, 1.54) is 0 Å². The summed E-state index contributed by atoms with van der Waals surface area (Å²) in [4.78, 5) is 11.3. The number of ether oxygens (including phenoxy) is 1. The molecule has 1 aliphatic rings. The highest BCUT2D eigenvalue weighted by atomic mass is 19.3. The van der Waals surface area contributed by atoms with E-state index in [2.05, 4.69) is 5.32 Å². The molecule has 0 radical (unpaired) electrons. The van der Waals surface area contributed by atoms with Gasteiger partial charge in [-0.3, -0.25) is 4.79 Å². The highest BCUT2D eigenvalue weighted by molar-refractivity contribution is 5.75. The smallest absolute Gasteiger partial charge is 0.287 e. The molecule has 1 saturated heterocycles. The van der Waals surface area contributed by atoms with E-state index in [0.717, 1.165) is 25.9 Å². The van der Waals surface area contributed by atoms with Crippen molar-refractivity contribution in [2.24, 2.45) is 0 Å². The molecule has 0 aliphatic carbocycles. The molecule has 0 bridgehead atoms. The van der Waals surface area contributed by atoms with Crippen molar-refractivity contribution in [3.05, 3.63) is 0 Å². The van der Waals surface area contributed by atoms with Gasteiger partial charge in [-0.05, 0) is 25.7 Å². The second-order valence-electron chi connectivity index (χ2n) is 4.32. The van der Waals surface area contributed by atoms with Crippen LogP contribution in [0.1, 0.15) is 32.1 Å². The van der Waals surface area contributed by atoms with Crippen LogP contribution in [0.4, 0.5) is 8.78 Å². The lowest BCUT2D eigenvalue weighted by Gasteiger charge is -2.22. The molecule has 1 unspecified atom stereocenters. The Hall–Kier alpha value is -0.750. The molecule has 1 atom stereocenters. The van der Waals surface area contributed by atoms with E-state index in [9.17, 15) is 13.6 Å². The fraction of sp³-hybridized carbons (Fsp3) is 0.909. The molecule has 1 heterocycles. The standard InChI is InChI=1S/C11H19F2NO3/c12-11(13,8-15)7-14-10(16)5-4-9-3-1-2-6-17-9/h9,15H,1-8H2,(H,14,16). The number of aliphatic hydroxyl groups is 1. The maximum atomic E-state index is 12.6. The topological polar surface area (TPSA) is 58.6 Å². The molecule has 2 N–H and O–H groups in total. The van der Waals surface area contributed by atoms with Gasteiger partial charge in [0, 0.05) is 13.0 Å². The molecular formula is C11H19F2NO3. The summed E-state index contributed by atoms with van der Waals surface area (Å²) >= 11 is 0. The van der Waals surface area contributed by atoms with E-state index in [4.69, 9.17) is 9.84 Å². The van der Waals surface area contributed by atoms with E-state index in [-0.39, 0.29) is 12.5 Å². The molecule has 0 aromatic heterocycles. The molecule has 1 amide bonds. The summed E-state index contributed by atoms with van der Waals surface area (Å²) in [5.41, 5.74) is 0. The van der Waals surface area contributed by atoms with Gasteiger partial charge in [0.1, 0.15) is 6.61 Å². The molecule has 0 aromatic rings. The zero-order valence-electron chi connectivity index (χ0n) is 9.75. The first kappa shape index (κ1) is 14.3. The minimum atomic E-state index is -3.24. The van der Waals surface area contributed by atoms with Crippen molar-refractivity contribution < 1.29 is 23.4 Å². The minimum absolute atomic E-state index is 0.0767. The van der Waals surface area contributed by atoms with Crippen molar-refractivity contribution >= 4 is 5.91 Å². The van der Waals surface area contributed by atoms with E-state index in [1.807, 2.05) is 0 Å². The first-order valence-electron chi connectivity index (χ1n) is 5.90. The van der Waals surface area contributed by atoms with Gasteiger partial charge in [-0.2, -0.15) is 0 Å². The van der Waals surface area contributed by atoms with Crippen LogP contribution in [0.25, 0.3) is 0 Å². The van der Waals surface area contributed by atoms with Crippen LogP contribution in [-0.4, -0.2) is 42.8 Å². The van der Waals surface area contributed by atoms with E-state index in [1.54, 1.807) is 0 Å². The number of aliphatic hydroxyl groups excluding tert-OH is 1. The molecule has 0 saturated carbocycles. The molecule has 17 heavy (non-hydrogen) atoms. The van der Waals surface area contributed by atoms with E-state index < -0.39 is 25.0 Å². The zero-order chi connectivity index (χ0) is 12.7. The molecule has 0 spiro atoms. The number of amides is 1. The maximum absolute atomic E-state index is 12.6. The summed E-state index contributed by atoms with van der Waals surface area (Å²) in [5, 5.41) is 10.4. The van der Waals surface area contributed by atoms with Crippen molar-refractivity contribution in [3.63, 3.8) is 0 Å². The Morgan fingerprint density at radius 3 is 2.82 bits per heavy atom. The zero-order valence-corrected chi connectivity index (χ0v) is 9.75. The highest BCUT2D eigenvalue weighted by Gasteiger charge is 2.28. The first-order chi connectivity index (χ1) is 8.03. The van der Waals surface area contributed by atoms with Gasteiger partial charge in [-0.25, -0.2) is 8.78 Å². The van der Waals surface area contributed by atoms with Gasteiger partial charge in [0.15, 0.2) is 0 Å². The van der Waals surface area contributed by atoms with Crippen molar-refractivity contribution in [3.8, 4) is 0 Å². The lowest BCUT2D eigenvalue weighted by Crippen LogP contribution is -2.39. The number of rotatable bonds is 6. The second kappa shape index (κ2) is 6.86. The first-order valence-corrected chi connectivity index (χ1v) is 5.90. The van der Waals surface area contributed by atoms with Crippen LogP contribution in [0.5, 0.6) is 0 Å². The largest absolute Gasteiger partial charge is 0.390 e. The minimum Gasteiger partial charge on any atom is -0.390 e. The van der Waals surface area contributed by atoms with Crippen LogP contribution < -0.4 is 5.32 Å². The molecule has 100 valence electrons. The third kappa shape index (κ3) is 5.93. The van der Waals surface area contributed by atoms with Gasteiger partial charge in [0.2, 0.25) is 5.91 Å². The number of carbonyl (C=O) groups is 1. The van der Waals surface area contributed by atoms with Crippen LogP contribution in [-0.2, 0) is 9.53 Å². The Morgan fingerprint density at radius 2 is 2.24 bits per heavy atom. The Balaban J connectivity index is 2.12. The molecule has 6 heteroatoms. The maximum Gasteiger partial charge on any atom is 0.287 e. The van der Waals surface area contributed by atoms with Crippen LogP contribution in [0, 0.1) is 0 Å². The normalized spacial score (nSPS) is 21.2. The molecule has 1 aliphatic heterocycles. The fourth-order valence-electron chi connectivity index (χ4n) is 1.70. The molecule has 1 rings (SSSR count). The van der Waals surface area contributed by atoms with Crippen molar-refractivity contribution in [2.75, 3.05) is 19.8 Å². The summed E-state index contributed by atoms with van der Waals surface area (Å²) in [7, 11) is 0. The monoisotopic (exact) mass is 251 g/mol. The third-order valence-electron chi connectivity index (χ3n) is 2.74. The van der Waals surface area contributed by atoms with Crippen LogP contribution in [0.3, 0.4) is 0 Å². The van der Waals surface area contributed by atoms with Crippen molar-refractivity contribution in [2.45, 2.75) is 44.1 Å². The Labute approximate surface area is 99.3 Å². The molecule has 4 nitrogen and oxygen atoms in total. The Morgan fingerprint density at radius 1 is 1.47 bits per heavy atom. The number of alkyl halides is 2. The third-order valence-corrected chi connectivity index (χ3v) is 2.74. The van der Waals surface area contributed by atoms with Gasteiger partial charge >= 0.3 is 0 Å². The lowest BCUT2D eigenvalue weighted by molar-refractivity contribution is -0.125. The van der Waals surface area contributed by atoms with Gasteiger partial charge in [0.05, 0.1) is 12.6 Å². The van der Waals surface area contributed by atoms with Crippen LogP contribution in [0.2, 0.25) is 0 Å². The fourth-order valence-corrected chi connectivity index (χ4v) is 1.70. The molecule has 1 fully saturated rings. The number of hydrogen-bond donors (Lipinski definition) is 2. The van der Waals surface area contributed by atoms with Gasteiger partial charge < -0.3 is 15.2 Å². The highest BCUT2D eigenvalue weighted by Crippen LogP contribution is 2.17. The Bertz CT molecular complexity index is 243.